The summed E-state index contributed by atoms with van der Waals surface area (Å²) in [6.45, 7) is 44.8. The summed E-state index contributed by atoms with van der Waals surface area (Å²) in [5.41, 5.74) is 0. The van der Waals surface area contributed by atoms with Crippen molar-refractivity contribution in [1.29, 1.82) is 0 Å². The largest absolute Gasteiger partial charge is 0.346 e. The summed E-state index contributed by atoms with van der Waals surface area (Å²) in [6, 6.07) is 0. The quantitative estimate of drug-likeness (QED) is 0.240. The molecule has 21 rings (SSSR count). The van der Waals surface area contributed by atoms with Crippen molar-refractivity contribution in [2.45, 2.75) is 319 Å². The first-order valence-electron chi connectivity index (χ1n) is 31.4. The highest BCUT2D eigenvalue weighted by atomic mass is 16.8. The van der Waals surface area contributed by atoms with Crippen molar-refractivity contribution in [3.05, 3.63) is 0 Å². The van der Waals surface area contributed by atoms with Gasteiger partial charge in [0.05, 0.1) is 85.5 Å². The second kappa shape index (κ2) is 26.3. The van der Waals surface area contributed by atoms with Gasteiger partial charge in [0.25, 0.3) is 0 Å². The normalized spacial score (nSPS) is 54.9. The zero-order chi connectivity index (χ0) is 55.2. The maximum Gasteiger partial charge on any atom is 0.161 e. The third-order valence-electron chi connectivity index (χ3n) is 21.4. The molecule has 21 fully saturated rings. The number of hydrogen-bond donors (Lipinski definition) is 0. The van der Waals surface area contributed by atoms with Crippen molar-refractivity contribution >= 4 is 0 Å². The van der Waals surface area contributed by atoms with E-state index < -0.39 is 44.0 Å². The van der Waals surface area contributed by atoms with Crippen LogP contribution in [-0.4, -0.2) is 129 Å². The molecule has 0 aromatic heterocycles. The van der Waals surface area contributed by atoms with Gasteiger partial charge >= 0.3 is 0 Å². The smallest absolute Gasteiger partial charge is 0.161 e. The molecule has 442 valence electrons. The molecule has 0 spiro atoms. The molecule has 14 bridgehead atoms. The van der Waals surface area contributed by atoms with Crippen LogP contribution in [0, 0.1) is 76.9 Å². The van der Waals surface area contributed by atoms with Crippen LogP contribution in [0.2, 0.25) is 0 Å². The Balaban J connectivity index is 1.07. The van der Waals surface area contributed by atoms with E-state index in [9.17, 15) is 0 Å². The summed E-state index contributed by atoms with van der Waals surface area (Å²) in [4.78, 5) is 0. The lowest BCUT2D eigenvalue weighted by Gasteiger charge is -2.52. The lowest BCUT2D eigenvalue weighted by atomic mass is 9.80. The van der Waals surface area contributed by atoms with Crippen molar-refractivity contribution < 1.29 is 66.3 Å². The Labute approximate surface area is 461 Å². The molecular formula is C62H110O14. The average molecular weight is 1080 g/mol. The van der Waals surface area contributed by atoms with Gasteiger partial charge in [-0.25, -0.2) is 0 Å². The second-order valence-corrected chi connectivity index (χ2v) is 26.0. The van der Waals surface area contributed by atoms with Crippen LogP contribution in [-0.2, 0) is 66.3 Å². The molecule has 0 N–H and O–H groups in total. The van der Waals surface area contributed by atoms with E-state index in [0.717, 1.165) is 51.4 Å². The molecule has 76 heavy (non-hydrogen) atoms. The summed E-state index contributed by atoms with van der Waals surface area (Å²) < 4.78 is 99.0. The summed E-state index contributed by atoms with van der Waals surface area (Å²) in [6.07, 6.45) is 1.18. The van der Waals surface area contributed by atoms with Crippen LogP contribution >= 0.6 is 0 Å². The molecule has 0 aromatic rings. The maximum absolute atomic E-state index is 7.18. The predicted octanol–water partition coefficient (Wildman–Crippen LogP) is 12.3. The minimum Gasteiger partial charge on any atom is -0.346 e. The molecule has 0 saturated carbocycles. The van der Waals surface area contributed by atoms with Crippen LogP contribution in [0.1, 0.15) is 190 Å². The minimum absolute atomic E-state index is 0.0588. The first kappa shape index (κ1) is 61.5. The molecular weight excluding hydrogens is 969 g/mol. The topological polar surface area (TPSA) is 129 Å². The fourth-order valence-electron chi connectivity index (χ4n) is 14.5. The molecule has 34 atom stereocenters. The Morgan fingerprint density at radius 3 is 0.605 bits per heavy atom. The van der Waals surface area contributed by atoms with Gasteiger partial charge in [0.2, 0.25) is 0 Å². The van der Waals surface area contributed by atoms with Crippen LogP contribution in [0.25, 0.3) is 0 Å². The minimum atomic E-state index is -0.414. The molecule has 14 nitrogen and oxygen atoms in total. The SMILES string of the molecule is CCC1OC2O[C@@H]3C(CC)O[C@H](O[C@@H]4C(CC)OC(O[C@@H]5C(CC)OC(O[C@@H]6C(CC)O[C@H](O[C@@H]7C(CC)O[C@H](O[C@@H]8C(CC)O[C@@H](O[C@H]1C[C@@H]2C)C(C)[C@H]8C)C(C)[C@H]7C)C(C)[C@H]6C)[C@@H](C)[C@H]5C)[C@@H](C)[C@H]4C)C(C)[C@H]3C. The first-order chi connectivity index (χ1) is 36.2. The predicted molar refractivity (Wildman–Crippen MR) is 291 cm³/mol. The molecule has 21 saturated heterocycles. The van der Waals surface area contributed by atoms with Crippen LogP contribution in [0.3, 0.4) is 0 Å². The summed E-state index contributed by atoms with van der Waals surface area (Å²) in [5.74, 6) is 1.34. The molecule has 0 amide bonds. The highest BCUT2D eigenvalue weighted by molar-refractivity contribution is 4.97. The van der Waals surface area contributed by atoms with E-state index in [0.29, 0.717) is 0 Å². The standard InChI is InChI=1S/C62H110O14/c1-21-42-49-28-29(8)56(63-42)71-50-31(10)37(16)58(65-43(50)22-2)73-52-33(12)39(18)60(67-45(52)24-4)75-54-35(14)41(20)62(69-47(54)26-6)76-55-34(13)40(19)61(68-48(55)27-7)74-53-32(11)38(17)59(66-46(53)25-5)72-51-30(9)36(15)57(70-49)64-44(51)23-3/h29-62H,21-28H2,1-20H3/t29-,30+,31+,32+,33+,34+,35+,36?,37?,38?,39-,40?,41-,42?,43?,44?,45?,46?,47?,48?,49-,50-,51-,52-,53-,54-,55-,56?,57-,58+,59+,60?,61+,62?/m0/s1. The van der Waals surface area contributed by atoms with Crippen molar-refractivity contribution in [2.75, 3.05) is 0 Å². The van der Waals surface area contributed by atoms with Gasteiger partial charge in [-0.05, 0) is 86.9 Å². The Bertz CT molecular complexity index is 1760. The van der Waals surface area contributed by atoms with E-state index in [1.165, 1.54) is 0 Å². The van der Waals surface area contributed by atoms with E-state index >= 15 is 0 Å². The van der Waals surface area contributed by atoms with Gasteiger partial charge in [-0.2, -0.15) is 0 Å². The van der Waals surface area contributed by atoms with Gasteiger partial charge in [-0.1, -0.05) is 138 Å². The van der Waals surface area contributed by atoms with Gasteiger partial charge in [-0.15, -0.1) is 0 Å². The average Bonchev–Trinajstić information content (AvgIpc) is 3.42. The Kier molecular flexibility index (Phi) is 21.3. The lowest BCUT2D eigenvalue weighted by molar-refractivity contribution is -0.368. The fourth-order valence-corrected chi connectivity index (χ4v) is 14.5. The third-order valence-corrected chi connectivity index (χ3v) is 21.4. The third kappa shape index (κ3) is 12.2. The second-order valence-electron chi connectivity index (χ2n) is 26.0. The van der Waals surface area contributed by atoms with Gasteiger partial charge < -0.3 is 66.3 Å². The highest BCUT2D eigenvalue weighted by Gasteiger charge is 2.55. The summed E-state index contributed by atoms with van der Waals surface area (Å²) in [5, 5.41) is 0. The van der Waals surface area contributed by atoms with Crippen LogP contribution in [0.5, 0.6) is 0 Å². The van der Waals surface area contributed by atoms with Crippen LogP contribution in [0.15, 0.2) is 0 Å². The summed E-state index contributed by atoms with van der Waals surface area (Å²) in [7, 11) is 0. The van der Waals surface area contributed by atoms with Crippen molar-refractivity contribution in [2.24, 2.45) is 76.9 Å². The van der Waals surface area contributed by atoms with Crippen LogP contribution in [0.4, 0.5) is 0 Å². The fraction of sp³-hybridized carbons (Fsp3) is 1.00. The highest BCUT2D eigenvalue weighted by Crippen LogP contribution is 2.47. The van der Waals surface area contributed by atoms with E-state index in [-0.39, 0.29) is 162 Å². The zero-order valence-electron chi connectivity index (χ0n) is 51.0. The lowest BCUT2D eigenvalue weighted by Crippen LogP contribution is -2.60. The Morgan fingerprint density at radius 1 is 0.211 bits per heavy atom. The number of ether oxygens (including phenoxy) is 14. The first-order valence-corrected chi connectivity index (χ1v) is 31.4. The van der Waals surface area contributed by atoms with E-state index in [2.05, 4.69) is 138 Å². The van der Waals surface area contributed by atoms with Gasteiger partial charge in [0.15, 0.2) is 44.0 Å². The Hall–Kier alpha value is -0.560. The van der Waals surface area contributed by atoms with Crippen LogP contribution < -0.4 is 0 Å². The Morgan fingerprint density at radius 2 is 0.395 bits per heavy atom. The molecule has 14 unspecified atom stereocenters. The molecule has 14 heteroatoms. The number of rotatable bonds is 7. The number of hydrogen-bond acceptors (Lipinski definition) is 14. The molecule has 21 aliphatic heterocycles. The molecule has 21 heterocycles. The van der Waals surface area contributed by atoms with E-state index in [1.54, 1.807) is 0 Å². The molecule has 0 aromatic carbocycles. The monoisotopic (exact) mass is 1080 g/mol. The van der Waals surface area contributed by atoms with E-state index in [4.69, 9.17) is 66.3 Å². The summed E-state index contributed by atoms with van der Waals surface area (Å²) >= 11 is 0. The van der Waals surface area contributed by atoms with Gasteiger partial charge in [-0.3, -0.25) is 0 Å². The van der Waals surface area contributed by atoms with Gasteiger partial charge in [0, 0.05) is 41.4 Å². The van der Waals surface area contributed by atoms with Gasteiger partial charge in [0.1, 0.15) is 0 Å². The molecule has 0 aliphatic carbocycles. The van der Waals surface area contributed by atoms with Crippen molar-refractivity contribution in [3.63, 3.8) is 0 Å². The van der Waals surface area contributed by atoms with Crippen molar-refractivity contribution in [1.82, 2.24) is 0 Å². The molecule has 21 aliphatic rings. The maximum atomic E-state index is 7.18. The van der Waals surface area contributed by atoms with Crippen molar-refractivity contribution in [3.8, 4) is 0 Å². The zero-order valence-corrected chi connectivity index (χ0v) is 51.0. The van der Waals surface area contributed by atoms with E-state index in [1.807, 2.05) is 0 Å². The molecule has 0 radical (unpaired) electrons.